The van der Waals surface area contributed by atoms with Gasteiger partial charge in [-0.15, -0.1) is 0 Å². The van der Waals surface area contributed by atoms with E-state index in [4.69, 9.17) is 0 Å². The van der Waals surface area contributed by atoms with E-state index in [1.807, 2.05) is 0 Å². The van der Waals surface area contributed by atoms with Crippen molar-refractivity contribution in [3.8, 4) is 0 Å². The van der Waals surface area contributed by atoms with Crippen molar-refractivity contribution in [3.63, 3.8) is 0 Å². The molecule has 92 valence electrons. The highest BCUT2D eigenvalue weighted by Gasteiger charge is 2.24. The zero-order chi connectivity index (χ0) is 11.4. The number of likely N-dealkylation sites (tertiary alicyclic amines) is 2. The van der Waals surface area contributed by atoms with Crippen molar-refractivity contribution in [1.82, 2.24) is 15.1 Å². The second-order valence-electron chi connectivity index (χ2n) is 5.13. The fourth-order valence-corrected chi connectivity index (χ4v) is 2.66. The van der Waals surface area contributed by atoms with E-state index in [-0.39, 0.29) is 11.8 Å². The molecule has 1 unspecified atom stereocenters. The predicted molar refractivity (Wildman–Crippen MR) is 64.0 cm³/mol. The highest BCUT2D eigenvalue weighted by molar-refractivity contribution is 5.78. The van der Waals surface area contributed by atoms with Gasteiger partial charge in [-0.3, -0.25) is 9.69 Å². The van der Waals surface area contributed by atoms with Gasteiger partial charge in [-0.25, -0.2) is 0 Å². The summed E-state index contributed by atoms with van der Waals surface area (Å²) in [6, 6.07) is 0. The Kier molecular flexibility index (Phi) is 4.18. The van der Waals surface area contributed by atoms with Crippen LogP contribution in [0.1, 0.15) is 25.7 Å². The molecule has 0 radical (unpaired) electrons. The maximum absolute atomic E-state index is 11.9. The van der Waals surface area contributed by atoms with Crippen LogP contribution >= 0.6 is 0 Å². The van der Waals surface area contributed by atoms with Gasteiger partial charge in [0.25, 0.3) is 0 Å². The summed E-state index contributed by atoms with van der Waals surface area (Å²) in [6.07, 6.45) is 4.76. The van der Waals surface area contributed by atoms with Crippen molar-refractivity contribution in [3.05, 3.63) is 0 Å². The Balaban J connectivity index is 1.70. The summed E-state index contributed by atoms with van der Waals surface area (Å²) in [6.45, 7) is 5.09. The van der Waals surface area contributed by atoms with Crippen LogP contribution in [0.4, 0.5) is 0 Å². The van der Waals surface area contributed by atoms with Crippen LogP contribution in [0.15, 0.2) is 0 Å². The number of amides is 1. The molecular weight excluding hydrogens is 202 g/mol. The number of nitrogens with one attached hydrogen (secondary N) is 1. The molecule has 2 saturated heterocycles. The standard InChI is InChI=1S/C12H23N3O/c1-14-6-4-5-11(9-14)12(16)13-10-15-7-2-3-8-15/h11H,2-10H2,1H3,(H,13,16). The second-order valence-corrected chi connectivity index (χ2v) is 5.13. The molecular formula is C12H23N3O. The molecule has 1 N–H and O–H groups in total. The Hall–Kier alpha value is -0.610. The monoisotopic (exact) mass is 225 g/mol. The van der Waals surface area contributed by atoms with E-state index in [1.165, 1.54) is 12.8 Å². The number of rotatable bonds is 3. The topological polar surface area (TPSA) is 35.6 Å². The molecule has 2 aliphatic heterocycles. The lowest BCUT2D eigenvalue weighted by atomic mass is 9.98. The average molecular weight is 225 g/mol. The lowest BCUT2D eigenvalue weighted by Crippen LogP contribution is -2.44. The van der Waals surface area contributed by atoms with Crippen molar-refractivity contribution in [1.29, 1.82) is 0 Å². The van der Waals surface area contributed by atoms with Crippen molar-refractivity contribution >= 4 is 5.91 Å². The van der Waals surface area contributed by atoms with Crippen molar-refractivity contribution in [2.75, 3.05) is 39.9 Å². The van der Waals surface area contributed by atoms with Crippen LogP contribution in [0.3, 0.4) is 0 Å². The van der Waals surface area contributed by atoms with Crippen LogP contribution in [0.5, 0.6) is 0 Å². The molecule has 0 saturated carbocycles. The predicted octanol–water partition coefficient (Wildman–Crippen LogP) is 0.498. The van der Waals surface area contributed by atoms with Gasteiger partial charge in [0.1, 0.15) is 0 Å². The van der Waals surface area contributed by atoms with Crippen molar-refractivity contribution in [2.45, 2.75) is 25.7 Å². The smallest absolute Gasteiger partial charge is 0.225 e. The molecule has 0 spiro atoms. The van der Waals surface area contributed by atoms with Crippen molar-refractivity contribution in [2.24, 2.45) is 5.92 Å². The molecule has 0 aromatic carbocycles. The van der Waals surface area contributed by atoms with Gasteiger partial charge < -0.3 is 10.2 Å². The Morgan fingerprint density at radius 1 is 1.25 bits per heavy atom. The minimum atomic E-state index is 0.210. The highest BCUT2D eigenvalue weighted by atomic mass is 16.2. The Morgan fingerprint density at radius 2 is 2.00 bits per heavy atom. The normalized spacial score (nSPS) is 28.2. The first-order valence-electron chi connectivity index (χ1n) is 6.44. The largest absolute Gasteiger partial charge is 0.343 e. The lowest BCUT2D eigenvalue weighted by Gasteiger charge is -2.29. The van der Waals surface area contributed by atoms with Crippen LogP contribution in [-0.4, -0.2) is 55.6 Å². The number of piperidine rings is 1. The van der Waals surface area contributed by atoms with Crippen LogP contribution in [0.2, 0.25) is 0 Å². The van der Waals surface area contributed by atoms with Crippen LogP contribution in [0.25, 0.3) is 0 Å². The minimum absolute atomic E-state index is 0.210. The fourth-order valence-electron chi connectivity index (χ4n) is 2.66. The van der Waals surface area contributed by atoms with Gasteiger partial charge in [0.15, 0.2) is 0 Å². The number of hydrogen-bond acceptors (Lipinski definition) is 3. The van der Waals surface area contributed by atoms with Gasteiger partial charge in [-0.2, -0.15) is 0 Å². The van der Waals surface area contributed by atoms with Gasteiger partial charge in [0, 0.05) is 6.54 Å². The Bertz CT molecular complexity index is 238. The molecule has 2 aliphatic rings. The first-order chi connectivity index (χ1) is 7.75. The summed E-state index contributed by atoms with van der Waals surface area (Å²) in [5.74, 6) is 0.458. The molecule has 4 heteroatoms. The second kappa shape index (κ2) is 5.64. The molecule has 1 amide bonds. The van der Waals surface area contributed by atoms with E-state index in [0.29, 0.717) is 0 Å². The minimum Gasteiger partial charge on any atom is -0.343 e. The Morgan fingerprint density at radius 3 is 2.69 bits per heavy atom. The summed E-state index contributed by atoms with van der Waals surface area (Å²) in [5.41, 5.74) is 0. The molecule has 0 aromatic heterocycles. The quantitative estimate of drug-likeness (QED) is 0.759. The van der Waals surface area contributed by atoms with Gasteiger partial charge in [0.05, 0.1) is 12.6 Å². The lowest BCUT2D eigenvalue weighted by molar-refractivity contribution is -0.127. The van der Waals surface area contributed by atoms with E-state index >= 15 is 0 Å². The van der Waals surface area contributed by atoms with E-state index < -0.39 is 0 Å². The molecule has 4 nitrogen and oxygen atoms in total. The SMILES string of the molecule is CN1CCCC(C(=O)NCN2CCCC2)C1. The first-order valence-corrected chi connectivity index (χ1v) is 6.44. The summed E-state index contributed by atoms with van der Waals surface area (Å²) in [4.78, 5) is 16.5. The molecule has 16 heavy (non-hydrogen) atoms. The fraction of sp³-hybridized carbons (Fsp3) is 0.917. The van der Waals surface area contributed by atoms with Gasteiger partial charge >= 0.3 is 0 Å². The number of hydrogen-bond donors (Lipinski definition) is 1. The summed E-state index contributed by atoms with van der Waals surface area (Å²) >= 11 is 0. The van der Waals surface area contributed by atoms with E-state index in [1.54, 1.807) is 0 Å². The number of carbonyl (C=O) groups is 1. The van der Waals surface area contributed by atoms with Crippen LogP contribution in [-0.2, 0) is 4.79 Å². The van der Waals surface area contributed by atoms with Crippen LogP contribution < -0.4 is 5.32 Å². The summed E-state index contributed by atoms with van der Waals surface area (Å²) in [5, 5.41) is 3.08. The molecule has 0 bridgehead atoms. The zero-order valence-corrected chi connectivity index (χ0v) is 10.2. The van der Waals surface area contributed by atoms with Gasteiger partial charge in [-0.1, -0.05) is 0 Å². The van der Waals surface area contributed by atoms with Crippen molar-refractivity contribution < 1.29 is 4.79 Å². The van der Waals surface area contributed by atoms with E-state index in [2.05, 4.69) is 22.2 Å². The molecule has 2 heterocycles. The number of carbonyl (C=O) groups excluding carboxylic acids is 1. The molecule has 2 rings (SSSR count). The third-order valence-corrected chi connectivity index (χ3v) is 3.67. The van der Waals surface area contributed by atoms with E-state index in [9.17, 15) is 4.79 Å². The molecule has 2 fully saturated rings. The summed E-state index contributed by atoms with van der Waals surface area (Å²) < 4.78 is 0. The zero-order valence-electron chi connectivity index (χ0n) is 10.2. The van der Waals surface area contributed by atoms with Gasteiger partial charge in [-0.05, 0) is 52.4 Å². The van der Waals surface area contributed by atoms with Gasteiger partial charge in [0.2, 0.25) is 5.91 Å². The third-order valence-electron chi connectivity index (χ3n) is 3.67. The van der Waals surface area contributed by atoms with E-state index in [0.717, 1.165) is 45.7 Å². The maximum Gasteiger partial charge on any atom is 0.225 e. The highest BCUT2D eigenvalue weighted by Crippen LogP contribution is 2.15. The maximum atomic E-state index is 11.9. The third kappa shape index (κ3) is 3.19. The molecule has 0 aliphatic carbocycles. The average Bonchev–Trinajstić information content (AvgIpc) is 2.78. The summed E-state index contributed by atoms with van der Waals surface area (Å²) in [7, 11) is 2.10. The Labute approximate surface area is 98.0 Å². The van der Waals surface area contributed by atoms with Crippen LogP contribution in [0, 0.1) is 5.92 Å². The first kappa shape index (κ1) is 11.9. The number of nitrogens with zero attached hydrogens (tertiary/aromatic N) is 2. The molecule has 0 aromatic rings. The molecule has 1 atom stereocenters.